The number of aromatic carboxylic acids is 1. The van der Waals surface area contributed by atoms with Crippen LogP contribution in [-0.2, 0) is 0 Å². The van der Waals surface area contributed by atoms with Gasteiger partial charge in [0, 0.05) is 5.56 Å². The molecule has 0 heterocycles. The zero-order chi connectivity index (χ0) is 15.6. The Bertz CT molecular complexity index is 680. The van der Waals surface area contributed by atoms with Crippen LogP contribution in [0.1, 0.15) is 10.4 Å². The molecule has 1 N–H and O–H groups in total. The Labute approximate surface area is 116 Å². The third-order valence-corrected chi connectivity index (χ3v) is 2.62. The van der Waals surface area contributed by atoms with Gasteiger partial charge in [0.25, 0.3) is 0 Å². The highest BCUT2D eigenvalue weighted by molar-refractivity contribution is 5.89. The maximum Gasteiger partial charge on any atom is 0.573 e. The summed E-state index contributed by atoms with van der Waals surface area (Å²) < 4.78 is 54.4. The van der Waals surface area contributed by atoms with Gasteiger partial charge in [-0.25, -0.2) is 9.18 Å². The van der Waals surface area contributed by atoms with Gasteiger partial charge in [-0.1, -0.05) is 24.3 Å². The summed E-state index contributed by atoms with van der Waals surface area (Å²) in [5, 5.41) is 8.72. The molecule has 0 radical (unpaired) electrons. The second kappa shape index (κ2) is 5.43. The maximum absolute atomic E-state index is 13.6. The molecule has 110 valence electrons. The first-order valence-corrected chi connectivity index (χ1v) is 5.66. The van der Waals surface area contributed by atoms with Crippen molar-refractivity contribution in [2.45, 2.75) is 6.36 Å². The van der Waals surface area contributed by atoms with Crippen molar-refractivity contribution < 1.29 is 32.2 Å². The molecule has 7 heteroatoms. The summed E-state index contributed by atoms with van der Waals surface area (Å²) in [7, 11) is 0. The summed E-state index contributed by atoms with van der Waals surface area (Å²) in [6.07, 6.45) is -4.88. The monoisotopic (exact) mass is 300 g/mol. The third kappa shape index (κ3) is 3.50. The lowest BCUT2D eigenvalue weighted by Gasteiger charge is -2.13. The SMILES string of the molecule is O=C(O)c1ccc(-c2ccccc2OC(F)(F)F)cc1F. The molecule has 0 saturated heterocycles. The molecule has 2 aromatic rings. The van der Waals surface area contributed by atoms with Crippen LogP contribution in [0, 0.1) is 5.82 Å². The van der Waals surface area contributed by atoms with Gasteiger partial charge < -0.3 is 9.84 Å². The Balaban J connectivity index is 2.47. The van der Waals surface area contributed by atoms with E-state index in [4.69, 9.17) is 5.11 Å². The van der Waals surface area contributed by atoms with Crippen molar-refractivity contribution in [3.8, 4) is 16.9 Å². The molecule has 2 rings (SSSR count). The number of rotatable bonds is 3. The van der Waals surface area contributed by atoms with Gasteiger partial charge in [-0.15, -0.1) is 13.2 Å². The fourth-order valence-corrected chi connectivity index (χ4v) is 1.77. The lowest BCUT2D eigenvalue weighted by Crippen LogP contribution is -2.17. The van der Waals surface area contributed by atoms with Gasteiger partial charge >= 0.3 is 12.3 Å². The van der Waals surface area contributed by atoms with Crippen molar-refractivity contribution >= 4 is 5.97 Å². The quantitative estimate of drug-likeness (QED) is 0.868. The van der Waals surface area contributed by atoms with E-state index in [-0.39, 0.29) is 11.1 Å². The number of carboxylic acids is 1. The molecule has 0 bridgehead atoms. The molecular weight excluding hydrogens is 292 g/mol. The van der Waals surface area contributed by atoms with Crippen LogP contribution >= 0.6 is 0 Å². The molecule has 0 amide bonds. The average Bonchev–Trinajstić information content (AvgIpc) is 2.36. The molecule has 0 aliphatic heterocycles. The number of alkyl halides is 3. The highest BCUT2D eigenvalue weighted by atomic mass is 19.4. The van der Waals surface area contributed by atoms with E-state index in [2.05, 4.69) is 4.74 Å². The Morgan fingerprint density at radius 3 is 2.33 bits per heavy atom. The van der Waals surface area contributed by atoms with E-state index >= 15 is 0 Å². The third-order valence-electron chi connectivity index (χ3n) is 2.62. The topological polar surface area (TPSA) is 46.5 Å². The van der Waals surface area contributed by atoms with Gasteiger partial charge in [-0.3, -0.25) is 0 Å². The van der Waals surface area contributed by atoms with Gasteiger partial charge in [0.05, 0.1) is 5.56 Å². The fourth-order valence-electron chi connectivity index (χ4n) is 1.77. The van der Waals surface area contributed by atoms with E-state index in [0.717, 1.165) is 18.2 Å². The van der Waals surface area contributed by atoms with Crippen LogP contribution in [0.3, 0.4) is 0 Å². The number of hydrogen-bond donors (Lipinski definition) is 1. The van der Waals surface area contributed by atoms with Crippen LogP contribution in [-0.4, -0.2) is 17.4 Å². The molecule has 2 aromatic carbocycles. The van der Waals surface area contributed by atoms with Crippen molar-refractivity contribution in [2.24, 2.45) is 0 Å². The van der Waals surface area contributed by atoms with Gasteiger partial charge in [-0.2, -0.15) is 0 Å². The van der Waals surface area contributed by atoms with Crippen LogP contribution in [0.5, 0.6) is 5.75 Å². The number of carboxylic acid groups (broad SMARTS) is 1. The fraction of sp³-hybridized carbons (Fsp3) is 0.0714. The van der Waals surface area contributed by atoms with Crippen molar-refractivity contribution in [2.75, 3.05) is 0 Å². The van der Waals surface area contributed by atoms with Crippen molar-refractivity contribution in [1.29, 1.82) is 0 Å². The van der Waals surface area contributed by atoms with Crippen LogP contribution in [0.2, 0.25) is 0 Å². The van der Waals surface area contributed by atoms with E-state index in [0.29, 0.717) is 0 Å². The van der Waals surface area contributed by atoms with E-state index in [1.807, 2.05) is 0 Å². The van der Waals surface area contributed by atoms with Crippen molar-refractivity contribution in [1.82, 2.24) is 0 Å². The molecule has 0 aliphatic carbocycles. The highest BCUT2D eigenvalue weighted by Crippen LogP contribution is 2.34. The van der Waals surface area contributed by atoms with Crippen LogP contribution in [0.25, 0.3) is 11.1 Å². The first-order chi connectivity index (χ1) is 9.78. The number of hydrogen-bond acceptors (Lipinski definition) is 2. The molecule has 0 unspecified atom stereocenters. The van der Waals surface area contributed by atoms with Gasteiger partial charge in [0.1, 0.15) is 11.6 Å². The van der Waals surface area contributed by atoms with E-state index in [1.165, 1.54) is 24.3 Å². The highest BCUT2D eigenvalue weighted by Gasteiger charge is 2.32. The lowest BCUT2D eigenvalue weighted by molar-refractivity contribution is -0.274. The minimum absolute atomic E-state index is 0.00524. The van der Waals surface area contributed by atoms with Gasteiger partial charge in [0.2, 0.25) is 0 Å². The Morgan fingerprint density at radius 1 is 1.10 bits per heavy atom. The van der Waals surface area contributed by atoms with Crippen molar-refractivity contribution in [3.05, 3.63) is 53.8 Å². The van der Waals surface area contributed by atoms with E-state index in [9.17, 15) is 22.4 Å². The van der Waals surface area contributed by atoms with Crippen LogP contribution in [0.15, 0.2) is 42.5 Å². The standard InChI is InChI=1S/C14H8F4O3/c15-11-7-8(5-6-10(11)13(19)20)9-3-1-2-4-12(9)21-14(16,17)18/h1-7H,(H,19,20). The molecule has 3 nitrogen and oxygen atoms in total. The Hall–Kier alpha value is -2.57. The minimum atomic E-state index is -4.88. The van der Waals surface area contributed by atoms with E-state index in [1.54, 1.807) is 0 Å². The molecule has 0 aromatic heterocycles. The number of para-hydroxylation sites is 1. The molecule has 0 aliphatic rings. The van der Waals surface area contributed by atoms with Gasteiger partial charge in [0.15, 0.2) is 0 Å². The molecular formula is C14H8F4O3. The van der Waals surface area contributed by atoms with Crippen LogP contribution in [0.4, 0.5) is 17.6 Å². The normalized spacial score (nSPS) is 11.2. The summed E-state index contributed by atoms with van der Waals surface area (Å²) in [6.45, 7) is 0. The van der Waals surface area contributed by atoms with Crippen molar-refractivity contribution in [3.63, 3.8) is 0 Å². The average molecular weight is 300 g/mol. The largest absolute Gasteiger partial charge is 0.573 e. The molecule has 0 fully saturated rings. The minimum Gasteiger partial charge on any atom is -0.478 e. The molecule has 0 atom stereocenters. The smallest absolute Gasteiger partial charge is 0.478 e. The lowest BCUT2D eigenvalue weighted by atomic mass is 10.0. The molecule has 21 heavy (non-hydrogen) atoms. The van der Waals surface area contributed by atoms with Gasteiger partial charge in [-0.05, 0) is 23.8 Å². The second-order valence-corrected chi connectivity index (χ2v) is 4.04. The second-order valence-electron chi connectivity index (χ2n) is 4.04. The summed E-state index contributed by atoms with van der Waals surface area (Å²) >= 11 is 0. The number of benzene rings is 2. The first kappa shape index (κ1) is 14.8. The number of ether oxygens (including phenoxy) is 1. The first-order valence-electron chi connectivity index (χ1n) is 5.66. The number of halogens is 4. The zero-order valence-electron chi connectivity index (χ0n) is 10.3. The molecule has 0 spiro atoms. The Kier molecular flexibility index (Phi) is 3.84. The predicted molar refractivity (Wildman–Crippen MR) is 65.5 cm³/mol. The van der Waals surface area contributed by atoms with E-state index < -0.39 is 29.5 Å². The number of carbonyl (C=O) groups is 1. The Morgan fingerprint density at radius 2 is 1.76 bits per heavy atom. The summed E-state index contributed by atoms with van der Waals surface area (Å²) in [5.74, 6) is -2.99. The summed E-state index contributed by atoms with van der Waals surface area (Å²) in [4.78, 5) is 10.7. The maximum atomic E-state index is 13.6. The predicted octanol–water partition coefficient (Wildman–Crippen LogP) is 4.09. The van der Waals surface area contributed by atoms with Crippen LogP contribution < -0.4 is 4.74 Å². The summed E-state index contributed by atoms with van der Waals surface area (Å²) in [5.41, 5.74) is -0.476. The zero-order valence-corrected chi connectivity index (χ0v) is 10.3. The molecule has 0 saturated carbocycles. The summed E-state index contributed by atoms with van der Waals surface area (Å²) in [6, 6.07) is 8.25.